The Hall–Kier alpha value is -2.77. The van der Waals surface area contributed by atoms with Crippen LogP contribution in [-0.2, 0) is 14.3 Å². The number of ether oxygens (including phenoxy) is 1. The normalized spacial score (nSPS) is 13.7. The number of unbranched alkanes of at least 4 members (excludes halogenated alkanes) is 1. The molecular weight excluding hydrogens is 580 g/mol. The van der Waals surface area contributed by atoms with Gasteiger partial charge >= 0.3 is 11.9 Å². The molecule has 0 unspecified atom stereocenters. The van der Waals surface area contributed by atoms with Crippen LogP contribution in [0.5, 0.6) is 0 Å². The number of hydrogen-bond donors (Lipinski definition) is 1. The number of esters is 1. The van der Waals surface area contributed by atoms with Gasteiger partial charge in [0.2, 0.25) is 0 Å². The van der Waals surface area contributed by atoms with E-state index in [-0.39, 0.29) is 25.7 Å². The minimum Gasteiger partial charge on any atom is -0.481 e. The molecule has 42 heavy (non-hydrogen) atoms. The van der Waals surface area contributed by atoms with E-state index < -0.39 is 11.9 Å². The fourth-order valence-corrected chi connectivity index (χ4v) is 6.88. The summed E-state index contributed by atoms with van der Waals surface area (Å²) < 4.78 is 9.75. The lowest BCUT2D eigenvalue weighted by molar-refractivity contribution is -0.147. The van der Waals surface area contributed by atoms with Crippen molar-refractivity contribution in [2.75, 3.05) is 33.5 Å². The van der Waals surface area contributed by atoms with Crippen LogP contribution in [0.3, 0.4) is 0 Å². The number of carbonyl (C=O) groups is 3. The molecule has 0 aliphatic heterocycles. The molecular formula is C29H48N4O7S2. The Morgan fingerprint density at radius 3 is 2.40 bits per heavy atom. The van der Waals surface area contributed by atoms with Crippen molar-refractivity contribution in [2.45, 2.75) is 84.1 Å². The minimum absolute atomic E-state index is 0. The van der Waals surface area contributed by atoms with E-state index in [1.165, 1.54) is 37.0 Å². The summed E-state index contributed by atoms with van der Waals surface area (Å²) in [5, 5.41) is 16.0. The summed E-state index contributed by atoms with van der Waals surface area (Å²) >= 11 is 0. The molecule has 1 aliphatic rings. The highest BCUT2D eigenvalue weighted by molar-refractivity contribution is 8.78. The number of hydrogen-bond acceptors (Lipinski definition) is 10. The first-order valence-corrected chi connectivity index (χ1v) is 16.5. The van der Waals surface area contributed by atoms with Crippen molar-refractivity contribution >= 4 is 50.5 Å². The van der Waals surface area contributed by atoms with Gasteiger partial charge in [-0.25, -0.2) is 4.63 Å². The number of carboxylic acids is 1. The van der Waals surface area contributed by atoms with Gasteiger partial charge in [0.25, 0.3) is 5.91 Å². The average molecular weight is 629 g/mol. The van der Waals surface area contributed by atoms with Gasteiger partial charge in [-0.1, -0.05) is 54.2 Å². The third kappa shape index (κ3) is 13.0. The topological polar surface area (TPSA) is 158 Å². The summed E-state index contributed by atoms with van der Waals surface area (Å²) in [7, 11) is 9.43. The van der Waals surface area contributed by atoms with Crippen molar-refractivity contribution in [3.63, 3.8) is 0 Å². The lowest BCUT2D eigenvalue weighted by atomic mass is 9.94. The lowest BCUT2D eigenvalue weighted by Crippen LogP contribution is -2.38. The molecule has 13 heteroatoms. The molecule has 1 heterocycles. The van der Waals surface area contributed by atoms with E-state index in [0.29, 0.717) is 35.7 Å². The highest BCUT2D eigenvalue weighted by Crippen LogP contribution is 2.35. The molecule has 3 N–H and O–H groups in total. The molecule has 2 aromatic rings. The Balaban J connectivity index is 0.000000787. The van der Waals surface area contributed by atoms with Gasteiger partial charge in [-0.05, 0) is 54.7 Å². The molecule has 11 nitrogen and oxygen atoms in total. The van der Waals surface area contributed by atoms with Gasteiger partial charge in [0.15, 0.2) is 0 Å². The molecule has 1 saturated carbocycles. The standard InChI is InChI=1S/C15H27NO4S2.C14H17N3O2.H2O.H2/c1-5-6-11-21-22-13(12(2)16(3)4)9-10-20-15(19)8-7-14(17)18;1-17(11-5-3-2-4-6-11)14(18)10-7-8-12-13(9-10)16-19-15-12;;/h5-11H2,1-4H3,(H,17,18);7-9,11H,2-6H2,1H3;1H2;1H/b13-12-;;;. The predicted molar refractivity (Wildman–Crippen MR) is 170 cm³/mol. The van der Waals surface area contributed by atoms with E-state index in [1.54, 1.807) is 29.0 Å². The summed E-state index contributed by atoms with van der Waals surface area (Å²) in [5.74, 6) is -0.280. The zero-order valence-corrected chi connectivity index (χ0v) is 27.0. The SMILES string of the molecule is CCCCSS/C(CCOC(=O)CCC(=O)O)=C(/C)N(C)C.CN(C(=O)c1ccc2nonc2c1)C1CCCCC1.O.[HH]. The van der Waals surface area contributed by atoms with Gasteiger partial charge in [0, 0.05) is 57.0 Å². The van der Waals surface area contributed by atoms with Crippen LogP contribution >= 0.6 is 21.6 Å². The monoisotopic (exact) mass is 628 g/mol. The number of benzene rings is 1. The number of carbonyl (C=O) groups excluding carboxylic acids is 2. The number of fused-ring (bicyclic) bond motifs is 1. The Morgan fingerprint density at radius 2 is 1.76 bits per heavy atom. The number of aromatic nitrogens is 2. The summed E-state index contributed by atoms with van der Waals surface area (Å²) in [6, 6.07) is 5.67. The zero-order chi connectivity index (χ0) is 30.2. The highest BCUT2D eigenvalue weighted by atomic mass is 33.1. The van der Waals surface area contributed by atoms with Crippen molar-refractivity contribution in [1.82, 2.24) is 20.1 Å². The highest BCUT2D eigenvalue weighted by Gasteiger charge is 2.23. The van der Waals surface area contributed by atoms with Crippen LogP contribution in [-0.4, -0.2) is 88.1 Å². The first kappa shape index (κ1) is 37.3. The second-order valence-corrected chi connectivity index (χ2v) is 12.7. The molecule has 1 aromatic carbocycles. The van der Waals surface area contributed by atoms with E-state index in [2.05, 4.69) is 33.7 Å². The van der Waals surface area contributed by atoms with Crippen molar-refractivity contribution < 1.29 is 35.8 Å². The Labute approximate surface area is 257 Å². The fraction of sp³-hybridized carbons (Fsp3) is 0.621. The second kappa shape index (κ2) is 20.2. The van der Waals surface area contributed by atoms with Crippen LogP contribution in [0, 0.1) is 0 Å². The summed E-state index contributed by atoms with van der Waals surface area (Å²) in [6.45, 7) is 4.51. The maximum absolute atomic E-state index is 12.5. The number of allylic oxidation sites excluding steroid dienone is 1. The molecule has 238 valence electrons. The van der Waals surface area contributed by atoms with Crippen LogP contribution in [0.15, 0.2) is 33.4 Å². The molecule has 0 spiro atoms. The first-order valence-electron chi connectivity index (χ1n) is 14.2. The van der Waals surface area contributed by atoms with Crippen molar-refractivity contribution in [2.24, 2.45) is 0 Å². The van der Waals surface area contributed by atoms with Crippen LogP contribution in [0.1, 0.15) is 89.8 Å². The van der Waals surface area contributed by atoms with Crippen molar-refractivity contribution in [1.29, 1.82) is 0 Å². The number of carboxylic acid groups (broad SMARTS) is 1. The maximum Gasteiger partial charge on any atom is 0.306 e. The Morgan fingerprint density at radius 1 is 1.07 bits per heavy atom. The quantitative estimate of drug-likeness (QED) is 0.153. The molecule has 1 amide bonds. The molecule has 0 saturated heterocycles. The van der Waals surface area contributed by atoms with Gasteiger partial charge in [0.1, 0.15) is 11.0 Å². The molecule has 1 aliphatic carbocycles. The molecule has 3 rings (SSSR count). The van der Waals surface area contributed by atoms with Gasteiger partial charge in [-0.2, -0.15) is 0 Å². The van der Waals surface area contributed by atoms with Crippen LogP contribution in [0.25, 0.3) is 11.0 Å². The molecule has 1 fully saturated rings. The summed E-state index contributed by atoms with van der Waals surface area (Å²) in [6.07, 6.45) is 8.71. The van der Waals surface area contributed by atoms with E-state index in [0.717, 1.165) is 24.3 Å². The Bertz CT molecular complexity index is 1160. The van der Waals surface area contributed by atoms with Crippen molar-refractivity contribution in [3.8, 4) is 0 Å². The largest absolute Gasteiger partial charge is 0.481 e. The average Bonchev–Trinajstić information content (AvgIpc) is 3.45. The second-order valence-electron chi connectivity index (χ2n) is 10.2. The maximum atomic E-state index is 12.5. The molecule has 0 radical (unpaired) electrons. The third-order valence-electron chi connectivity index (χ3n) is 6.89. The number of amides is 1. The van der Waals surface area contributed by atoms with Gasteiger partial charge in [-0.15, -0.1) is 0 Å². The lowest BCUT2D eigenvalue weighted by Gasteiger charge is -2.31. The van der Waals surface area contributed by atoms with Crippen molar-refractivity contribution in [3.05, 3.63) is 34.4 Å². The first-order chi connectivity index (χ1) is 19.6. The third-order valence-corrected chi connectivity index (χ3v) is 9.62. The van der Waals surface area contributed by atoms with E-state index in [1.807, 2.05) is 36.8 Å². The van der Waals surface area contributed by atoms with E-state index >= 15 is 0 Å². The van der Waals surface area contributed by atoms with Crippen LogP contribution in [0.2, 0.25) is 0 Å². The number of aliphatic carboxylic acids is 1. The van der Waals surface area contributed by atoms with Gasteiger partial charge in [-0.3, -0.25) is 14.4 Å². The molecule has 1 aromatic heterocycles. The van der Waals surface area contributed by atoms with Crippen LogP contribution in [0.4, 0.5) is 0 Å². The zero-order valence-electron chi connectivity index (χ0n) is 25.4. The van der Waals surface area contributed by atoms with E-state index in [9.17, 15) is 14.4 Å². The smallest absolute Gasteiger partial charge is 0.306 e. The number of rotatable bonds is 14. The van der Waals surface area contributed by atoms with Crippen LogP contribution < -0.4 is 0 Å². The predicted octanol–water partition coefficient (Wildman–Crippen LogP) is 5.81. The minimum atomic E-state index is -0.983. The van der Waals surface area contributed by atoms with Gasteiger partial charge in [0.05, 0.1) is 19.4 Å². The summed E-state index contributed by atoms with van der Waals surface area (Å²) in [5.41, 5.74) is 3.12. The molecule has 0 bridgehead atoms. The van der Waals surface area contributed by atoms with Gasteiger partial charge < -0.3 is 25.1 Å². The fourth-order valence-electron chi connectivity index (χ4n) is 4.14. The molecule has 0 atom stereocenters. The number of nitrogens with zero attached hydrogens (tertiary/aromatic N) is 4. The Kier molecular flexibility index (Phi) is 17.9. The van der Waals surface area contributed by atoms with E-state index in [4.69, 9.17) is 9.84 Å². The summed E-state index contributed by atoms with van der Waals surface area (Å²) in [4.78, 5) is 39.4.